The molecule has 1 aromatic heterocycles. The van der Waals surface area contributed by atoms with Gasteiger partial charge in [0.05, 0.1) is 11.3 Å². The van der Waals surface area contributed by atoms with Gasteiger partial charge in [-0.3, -0.25) is 19.2 Å². The fourth-order valence-corrected chi connectivity index (χ4v) is 4.67. The van der Waals surface area contributed by atoms with Gasteiger partial charge in [-0.15, -0.1) is 0 Å². The maximum atomic E-state index is 12.7. The maximum Gasteiger partial charge on any atom is 0.168 e. The third-order valence-electron chi connectivity index (χ3n) is 6.13. The van der Waals surface area contributed by atoms with Crippen LogP contribution in [0.3, 0.4) is 0 Å². The van der Waals surface area contributed by atoms with E-state index in [-0.39, 0.29) is 54.4 Å². The van der Waals surface area contributed by atoms with Gasteiger partial charge in [-0.05, 0) is 16.9 Å². The summed E-state index contributed by atoms with van der Waals surface area (Å²) in [4.78, 5) is 50.5. The highest BCUT2D eigenvalue weighted by molar-refractivity contribution is 6.21. The zero-order valence-corrected chi connectivity index (χ0v) is 17.3. The van der Waals surface area contributed by atoms with Gasteiger partial charge in [-0.25, -0.2) is 0 Å². The zero-order chi connectivity index (χ0) is 21.5. The van der Waals surface area contributed by atoms with Crippen LogP contribution in [0.4, 0.5) is 0 Å². The summed E-state index contributed by atoms with van der Waals surface area (Å²) in [5.41, 5.74) is 1.71. The lowest BCUT2D eigenvalue weighted by atomic mass is 9.74. The molecule has 2 aliphatic carbocycles. The molecule has 4 rings (SSSR count). The molecule has 0 aliphatic heterocycles. The zero-order valence-electron chi connectivity index (χ0n) is 17.3. The number of aryl methyl sites for hydroxylation is 1. The number of carbonyl (C=O) groups excluding carboxylic acids is 4. The van der Waals surface area contributed by atoms with E-state index in [1.165, 1.54) is 0 Å². The Morgan fingerprint density at radius 3 is 2.40 bits per heavy atom. The smallest absolute Gasteiger partial charge is 0.168 e. The lowest BCUT2D eigenvalue weighted by Crippen LogP contribution is -2.38. The fourth-order valence-electron chi connectivity index (χ4n) is 4.67. The first-order valence-electron chi connectivity index (χ1n) is 10.4. The van der Waals surface area contributed by atoms with Gasteiger partial charge < -0.3 is 4.52 Å². The Hall–Kier alpha value is -2.89. The van der Waals surface area contributed by atoms with E-state index in [0.717, 1.165) is 5.56 Å². The SMILES string of the molecule is CC1(C)CC(=O)c2c(CCC(=O)C3C(=O)CC(c4ccccc4)CC3=O)noc2C1. The van der Waals surface area contributed by atoms with Gasteiger partial charge in [-0.1, -0.05) is 49.3 Å². The van der Waals surface area contributed by atoms with E-state index in [4.69, 9.17) is 4.52 Å². The summed E-state index contributed by atoms with van der Waals surface area (Å²) in [6.45, 7) is 4.01. The molecule has 0 radical (unpaired) electrons. The number of carbonyl (C=O) groups is 4. The van der Waals surface area contributed by atoms with Crippen molar-refractivity contribution in [1.82, 2.24) is 5.16 Å². The molecule has 0 N–H and O–H groups in total. The monoisotopic (exact) mass is 407 g/mol. The molecular formula is C24H25NO5. The molecule has 0 bridgehead atoms. The molecule has 0 unspecified atom stereocenters. The Labute approximate surface area is 175 Å². The van der Waals surface area contributed by atoms with E-state index >= 15 is 0 Å². The Kier molecular flexibility index (Phi) is 5.26. The van der Waals surface area contributed by atoms with Crippen LogP contribution < -0.4 is 0 Å². The normalized spacial score (nSPS) is 23.3. The highest BCUT2D eigenvalue weighted by Gasteiger charge is 2.41. The van der Waals surface area contributed by atoms with Crippen LogP contribution in [0.1, 0.15) is 72.8 Å². The van der Waals surface area contributed by atoms with Gasteiger partial charge >= 0.3 is 0 Å². The number of benzene rings is 1. The molecule has 1 saturated carbocycles. The number of rotatable bonds is 5. The van der Waals surface area contributed by atoms with Crippen molar-refractivity contribution in [1.29, 1.82) is 0 Å². The van der Waals surface area contributed by atoms with Crippen LogP contribution in [0.2, 0.25) is 0 Å². The molecule has 2 aliphatic rings. The summed E-state index contributed by atoms with van der Waals surface area (Å²) < 4.78 is 5.36. The van der Waals surface area contributed by atoms with Gasteiger partial charge in [0.2, 0.25) is 0 Å². The molecule has 156 valence electrons. The first kappa shape index (κ1) is 20.4. The van der Waals surface area contributed by atoms with Crippen molar-refractivity contribution in [2.75, 3.05) is 0 Å². The lowest BCUT2D eigenvalue weighted by Gasteiger charge is -2.27. The maximum absolute atomic E-state index is 12.7. The quantitative estimate of drug-likeness (QED) is 0.702. The second kappa shape index (κ2) is 7.74. The Balaban J connectivity index is 1.42. The highest BCUT2D eigenvalue weighted by atomic mass is 16.5. The standard InChI is InChI=1S/C24H25NO5/c1-24(2)12-20(29)22-16(25-30-21(22)13-24)8-9-17(26)23-18(27)10-15(11-19(23)28)14-6-4-3-5-7-14/h3-7,15,23H,8-13H2,1-2H3. The number of hydrogen-bond acceptors (Lipinski definition) is 6. The van der Waals surface area contributed by atoms with Crippen molar-refractivity contribution in [3.8, 4) is 0 Å². The number of Topliss-reactive ketones (excluding diaryl/α,β-unsaturated/α-hetero) is 4. The predicted molar refractivity (Wildman–Crippen MR) is 108 cm³/mol. The Morgan fingerprint density at radius 2 is 1.73 bits per heavy atom. The van der Waals surface area contributed by atoms with E-state index in [0.29, 0.717) is 29.9 Å². The number of hydrogen-bond donors (Lipinski definition) is 0. The lowest BCUT2D eigenvalue weighted by molar-refractivity contribution is -0.142. The minimum Gasteiger partial charge on any atom is -0.360 e. The van der Waals surface area contributed by atoms with Crippen molar-refractivity contribution in [3.63, 3.8) is 0 Å². The first-order chi connectivity index (χ1) is 14.2. The average molecular weight is 407 g/mol. The molecule has 6 heteroatoms. The van der Waals surface area contributed by atoms with E-state index in [9.17, 15) is 19.2 Å². The average Bonchev–Trinajstić information content (AvgIpc) is 3.08. The summed E-state index contributed by atoms with van der Waals surface area (Å²) >= 11 is 0. The van der Waals surface area contributed by atoms with Crippen molar-refractivity contribution < 1.29 is 23.7 Å². The summed E-state index contributed by atoms with van der Waals surface area (Å²) in [6, 6.07) is 9.44. The summed E-state index contributed by atoms with van der Waals surface area (Å²) in [6.07, 6.45) is 1.60. The topological polar surface area (TPSA) is 94.3 Å². The number of nitrogens with zero attached hydrogens (tertiary/aromatic N) is 1. The summed E-state index contributed by atoms with van der Waals surface area (Å²) in [5, 5.41) is 4.00. The molecule has 0 amide bonds. The van der Waals surface area contributed by atoms with Crippen LogP contribution in [0, 0.1) is 11.3 Å². The van der Waals surface area contributed by atoms with Crippen LogP contribution in [0.5, 0.6) is 0 Å². The van der Waals surface area contributed by atoms with Crippen LogP contribution in [-0.4, -0.2) is 28.3 Å². The number of fused-ring (bicyclic) bond motifs is 1. The second-order valence-corrected chi connectivity index (χ2v) is 9.22. The first-order valence-corrected chi connectivity index (χ1v) is 10.4. The van der Waals surface area contributed by atoms with Gasteiger partial charge in [0, 0.05) is 38.5 Å². The van der Waals surface area contributed by atoms with Gasteiger partial charge in [0.15, 0.2) is 23.1 Å². The summed E-state index contributed by atoms with van der Waals surface area (Å²) in [5.74, 6) is -1.84. The van der Waals surface area contributed by atoms with E-state index in [1.807, 2.05) is 44.2 Å². The molecule has 2 aromatic rings. The van der Waals surface area contributed by atoms with Crippen molar-refractivity contribution in [2.45, 2.75) is 58.3 Å². The molecule has 6 nitrogen and oxygen atoms in total. The van der Waals surface area contributed by atoms with E-state index in [2.05, 4.69) is 5.16 Å². The molecule has 1 aromatic carbocycles. The van der Waals surface area contributed by atoms with Crippen molar-refractivity contribution >= 4 is 23.1 Å². The van der Waals surface area contributed by atoms with Crippen molar-refractivity contribution in [3.05, 3.63) is 52.9 Å². The molecule has 1 heterocycles. The highest BCUT2D eigenvalue weighted by Crippen LogP contribution is 2.37. The molecule has 0 saturated heterocycles. The third-order valence-corrected chi connectivity index (χ3v) is 6.13. The Bertz CT molecular complexity index is 999. The van der Waals surface area contributed by atoms with Gasteiger partial charge in [0.1, 0.15) is 11.7 Å². The van der Waals surface area contributed by atoms with Crippen LogP contribution >= 0.6 is 0 Å². The molecule has 0 spiro atoms. The second-order valence-electron chi connectivity index (χ2n) is 9.22. The fraction of sp³-hybridized carbons (Fsp3) is 0.458. The van der Waals surface area contributed by atoms with Gasteiger partial charge in [0.25, 0.3) is 0 Å². The van der Waals surface area contributed by atoms with E-state index < -0.39 is 11.7 Å². The molecular weight excluding hydrogens is 382 g/mol. The largest absolute Gasteiger partial charge is 0.360 e. The number of aromatic nitrogens is 1. The van der Waals surface area contributed by atoms with Crippen LogP contribution in [-0.2, 0) is 27.2 Å². The molecule has 1 fully saturated rings. The molecule has 0 atom stereocenters. The van der Waals surface area contributed by atoms with Gasteiger partial charge in [-0.2, -0.15) is 0 Å². The van der Waals surface area contributed by atoms with Crippen LogP contribution in [0.15, 0.2) is 34.9 Å². The minimum absolute atomic E-state index is 0.00615. The van der Waals surface area contributed by atoms with Crippen LogP contribution in [0.25, 0.3) is 0 Å². The molecule has 30 heavy (non-hydrogen) atoms. The predicted octanol–water partition coefficient (Wildman–Crippen LogP) is 3.66. The number of ketones is 4. The van der Waals surface area contributed by atoms with Crippen molar-refractivity contribution in [2.24, 2.45) is 11.3 Å². The Morgan fingerprint density at radius 1 is 1.07 bits per heavy atom. The van der Waals surface area contributed by atoms with E-state index in [1.54, 1.807) is 0 Å². The summed E-state index contributed by atoms with van der Waals surface area (Å²) in [7, 11) is 0. The minimum atomic E-state index is -1.19. The third kappa shape index (κ3) is 3.91.